The molecule has 4 aromatic rings. The number of alkyl halides is 3. The highest BCUT2D eigenvalue weighted by Gasteiger charge is 2.31. The molecule has 2 aromatic carbocycles. The number of nitrogens with zero attached hydrogens (tertiary/aromatic N) is 2. The predicted molar refractivity (Wildman–Crippen MR) is 124 cm³/mol. The molecule has 1 saturated carbocycles. The van der Waals surface area contributed by atoms with E-state index in [2.05, 4.69) is 15.0 Å². The predicted octanol–water partition coefficient (Wildman–Crippen LogP) is 7.22. The number of aromatic nitrogens is 2. The highest BCUT2D eigenvalue weighted by atomic mass is 19.4. The van der Waals surface area contributed by atoms with E-state index in [0.717, 1.165) is 37.8 Å². The van der Waals surface area contributed by atoms with Crippen LogP contribution >= 0.6 is 0 Å². The molecule has 2 aromatic heterocycles. The van der Waals surface area contributed by atoms with Gasteiger partial charge in [0, 0.05) is 17.3 Å². The molecule has 0 unspecified atom stereocenters. The molecule has 1 fully saturated rings. The Bertz CT molecular complexity index is 1350. The van der Waals surface area contributed by atoms with Gasteiger partial charge in [0.05, 0.1) is 12.0 Å². The van der Waals surface area contributed by atoms with Gasteiger partial charge in [-0.2, -0.15) is 0 Å². The average molecular weight is 499 g/mol. The maximum atomic E-state index is 13.5. The van der Waals surface area contributed by atoms with E-state index in [4.69, 9.17) is 4.42 Å². The van der Waals surface area contributed by atoms with Gasteiger partial charge < -0.3 is 19.0 Å². The molecule has 1 aliphatic carbocycles. The van der Waals surface area contributed by atoms with Crippen LogP contribution in [0.4, 0.5) is 23.2 Å². The third-order valence-electron chi connectivity index (χ3n) is 6.04. The standard InChI is InChI=1S/C26H21F4N3O3/c27-17-7-5-16(6-8-17)23-24(33(15-31-23)19-3-1-2-4-19)21-13-14-22(35-21)25(34)32-18-9-11-20(12-10-18)36-26(28,29)30/h5-15,19H,1-4H2,(H,32,34). The van der Waals surface area contributed by atoms with Crippen LogP contribution in [0.25, 0.3) is 22.7 Å². The minimum atomic E-state index is -4.80. The number of hydrogen-bond donors (Lipinski definition) is 1. The third kappa shape index (κ3) is 5.12. The molecule has 186 valence electrons. The molecule has 2 heterocycles. The summed E-state index contributed by atoms with van der Waals surface area (Å²) in [6.07, 6.45) is 1.15. The summed E-state index contributed by atoms with van der Waals surface area (Å²) < 4.78 is 62.3. The van der Waals surface area contributed by atoms with Gasteiger partial charge in [-0.15, -0.1) is 13.2 Å². The molecule has 0 radical (unpaired) electrons. The summed E-state index contributed by atoms with van der Waals surface area (Å²) in [5.74, 6) is -0.872. The van der Waals surface area contributed by atoms with Crippen molar-refractivity contribution in [2.45, 2.75) is 38.1 Å². The Hall–Kier alpha value is -4.08. The van der Waals surface area contributed by atoms with E-state index >= 15 is 0 Å². The Balaban J connectivity index is 1.41. The lowest BCUT2D eigenvalue weighted by atomic mass is 10.1. The van der Waals surface area contributed by atoms with Gasteiger partial charge in [-0.1, -0.05) is 12.8 Å². The van der Waals surface area contributed by atoms with Crippen LogP contribution in [0.3, 0.4) is 0 Å². The van der Waals surface area contributed by atoms with E-state index < -0.39 is 18.0 Å². The Morgan fingerprint density at radius 1 is 1.00 bits per heavy atom. The maximum Gasteiger partial charge on any atom is 0.573 e. The zero-order valence-electron chi connectivity index (χ0n) is 18.9. The van der Waals surface area contributed by atoms with Gasteiger partial charge in [0.1, 0.15) is 17.3 Å². The average Bonchev–Trinajstić information content (AvgIpc) is 3.59. The number of halogens is 4. The van der Waals surface area contributed by atoms with E-state index in [9.17, 15) is 22.4 Å². The van der Waals surface area contributed by atoms with Crippen molar-refractivity contribution in [2.75, 3.05) is 5.32 Å². The van der Waals surface area contributed by atoms with Gasteiger partial charge in [0.2, 0.25) is 0 Å². The number of imidazole rings is 1. The van der Waals surface area contributed by atoms with E-state index in [-0.39, 0.29) is 23.3 Å². The fourth-order valence-corrected chi connectivity index (χ4v) is 4.40. The van der Waals surface area contributed by atoms with Crippen molar-refractivity contribution < 1.29 is 31.5 Å². The molecular formula is C26H21F4N3O3. The van der Waals surface area contributed by atoms with Gasteiger partial charge in [-0.05, 0) is 73.5 Å². The number of hydrogen-bond acceptors (Lipinski definition) is 4. The maximum absolute atomic E-state index is 13.5. The Kier molecular flexibility index (Phi) is 6.26. The lowest BCUT2D eigenvalue weighted by molar-refractivity contribution is -0.274. The quantitative estimate of drug-likeness (QED) is 0.285. The molecule has 6 nitrogen and oxygen atoms in total. The summed E-state index contributed by atoms with van der Waals surface area (Å²) in [5, 5.41) is 2.60. The Morgan fingerprint density at radius 3 is 2.36 bits per heavy atom. The molecule has 1 N–H and O–H groups in total. The number of amides is 1. The van der Waals surface area contributed by atoms with E-state index in [1.54, 1.807) is 24.5 Å². The molecule has 1 aliphatic rings. The number of ether oxygens (including phenoxy) is 1. The number of furan rings is 1. The van der Waals surface area contributed by atoms with Crippen LogP contribution in [-0.2, 0) is 0 Å². The van der Waals surface area contributed by atoms with Crippen LogP contribution in [0.2, 0.25) is 0 Å². The van der Waals surface area contributed by atoms with E-state index in [0.29, 0.717) is 22.7 Å². The zero-order valence-corrected chi connectivity index (χ0v) is 18.9. The second-order valence-electron chi connectivity index (χ2n) is 8.48. The normalized spacial score (nSPS) is 14.2. The second-order valence-corrected chi connectivity index (χ2v) is 8.48. The van der Waals surface area contributed by atoms with Crippen LogP contribution in [0.5, 0.6) is 5.75 Å². The SMILES string of the molecule is O=C(Nc1ccc(OC(F)(F)F)cc1)c1ccc(-c2c(-c3ccc(F)cc3)ncn2C2CCCC2)o1. The van der Waals surface area contributed by atoms with Crippen molar-refractivity contribution >= 4 is 11.6 Å². The minimum absolute atomic E-state index is 0.0184. The molecular weight excluding hydrogens is 478 g/mol. The number of carbonyl (C=O) groups excluding carboxylic acids is 1. The molecule has 10 heteroatoms. The van der Waals surface area contributed by atoms with Crippen LogP contribution in [-0.4, -0.2) is 21.8 Å². The first-order valence-corrected chi connectivity index (χ1v) is 11.4. The summed E-state index contributed by atoms with van der Waals surface area (Å²) in [4.78, 5) is 17.3. The highest BCUT2D eigenvalue weighted by Crippen LogP contribution is 2.39. The molecule has 5 rings (SSSR count). The lowest BCUT2D eigenvalue weighted by Gasteiger charge is -2.15. The number of rotatable bonds is 6. The first-order chi connectivity index (χ1) is 17.3. The molecule has 36 heavy (non-hydrogen) atoms. The van der Waals surface area contributed by atoms with Gasteiger partial charge in [-0.25, -0.2) is 9.37 Å². The first kappa shape index (κ1) is 23.7. The highest BCUT2D eigenvalue weighted by molar-refractivity contribution is 6.02. The smallest absolute Gasteiger partial charge is 0.449 e. The molecule has 0 atom stereocenters. The van der Waals surface area contributed by atoms with Crippen LogP contribution in [0, 0.1) is 5.82 Å². The van der Waals surface area contributed by atoms with Crippen molar-refractivity contribution in [3.8, 4) is 28.5 Å². The zero-order chi connectivity index (χ0) is 25.3. The summed E-state index contributed by atoms with van der Waals surface area (Å²) in [5.41, 5.74) is 2.30. The van der Waals surface area contributed by atoms with E-state index in [1.165, 1.54) is 30.3 Å². The summed E-state index contributed by atoms with van der Waals surface area (Å²) in [6.45, 7) is 0. The topological polar surface area (TPSA) is 69.3 Å². The molecule has 0 bridgehead atoms. The molecule has 1 amide bonds. The molecule has 0 spiro atoms. The minimum Gasteiger partial charge on any atom is -0.449 e. The van der Waals surface area contributed by atoms with Crippen LogP contribution in [0.15, 0.2) is 71.4 Å². The number of nitrogens with one attached hydrogen (secondary N) is 1. The largest absolute Gasteiger partial charge is 0.573 e. The van der Waals surface area contributed by atoms with E-state index in [1.807, 2.05) is 4.57 Å². The van der Waals surface area contributed by atoms with Crippen LogP contribution < -0.4 is 10.1 Å². The fraction of sp³-hybridized carbons (Fsp3) is 0.231. The van der Waals surface area contributed by atoms with Crippen molar-refractivity contribution in [3.63, 3.8) is 0 Å². The van der Waals surface area contributed by atoms with Gasteiger partial charge >= 0.3 is 6.36 Å². The molecule has 0 aliphatic heterocycles. The molecule has 0 saturated heterocycles. The summed E-state index contributed by atoms with van der Waals surface area (Å²) in [7, 11) is 0. The van der Waals surface area contributed by atoms with Crippen molar-refractivity contribution in [1.82, 2.24) is 9.55 Å². The number of anilines is 1. The number of carbonyl (C=O) groups is 1. The van der Waals surface area contributed by atoms with Crippen molar-refractivity contribution in [1.29, 1.82) is 0 Å². The lowest BCUT2D eigenvalue weighted by Crippen LogP contribution is -2.17. The van der Waals surface area contributed by atoms with Crippen molar-refractivity contribution in [2.24, 2.45) is 0 Å². The Morgan fingerprint density at radius 2 is 1.69 bits per heavy atom. The van der Waals surface area contributed by atoms with Crippen molar-refractivity contribution in [3.05, 3.63) is 78.6 Å². The fourth-order valence-electron chi connectivity index (χ4n) is 4.40. The first-order valence-electron chi connectivity index (χ1n) is 11.4. The van der Waals surface area contributed by atoms with Gasteiger partial charge in [0.25, 0.3) is 5.91 Å². The van der Waals surface area contributed by atoms with Crippen LogP contribution in [0.1, 0.15) is 42.3 Å². The second kappa shape index (κ2) is 9.52. The summed E-state index contributed by atoms with van der Waals surface area (Å²) in [6, 6.07) is 14.2. The van der Waals surface area contributed by atoms with Gasteiger partial charge in [-0.3, -0.25) is 4.79 Å². The Labute approximate surface area is 203 Å². The monoisotopic (exact) mass is 499 g/mol. The third-order valence-corrected chi connectivity index (χ3v) is 6.04. The summed E-state index contributed by atoms with van der Waals surface area (Å²) >= 11 is 0. The number of benzene rings is 2. The van der Waals surface area contributed by atoms with Gasteiger partial charge in [0.15, 0.2) is 11.5 Å².